The molecule has 3 rings (SSSR count). The van der Waals surface area contributed by atoms with E-state index in [1.165, 1.54) is 17.7 Å². The minimum atomic E-state index is 0.905. The summed E-state index contributed by atoms with van der Waals surface area (Å²) >= 11 is 1.76. The number of hydrogen-bond acceptors (Lipinski definition) is 2. The van der Waals surface area contributed by atoms with Crippen LogP contribution in [0.2, 0.25) is 0 Å². The molecule has 14 heavy (non-hydrogen) atoms. The van der Waals surface area contributed by atoms with Crippen molar-refractivity contribution in [3.63, 3.8) is 0 Å². The zero-order chi connectivity index (χ0) is 9.38. The third-order valence-electron chi connectivity index (χ3n) is 2.61. The van der Waals surface area contributed by atoms with Crippen molar-refractivity contribution in [2.24, 2.45) is 5.92 Å². The number of aromatic nitrogens is 2. The summed E-state index contributed by atoms with van der Waals surface area (Å²) in [7, 11) is 0. The summed E-state index contributed by atoms with van der Waals surface area (Å²) in [4.78, 5) is 5.69. The van der Waals surface area contributed by atoms with Gasteiger partial charge in [0.25, 0.3) is 0 Å². The Labute approximate surface area is 87.2 Å². The molecule has 0 bridgehead atoms. The Balaban J connectivity index is 1.92. The monoisotopic (exact) mass is 204 g/mol. The Morgan fingerprint density at radius 2 is 2.43 bits per heavy atom. The van der Waals surface area contributed by atoms with E-state index >= 15 is 0 Å². The Hall–Kier alpha value is -1.09. The first-order valence-electron chi connectivity index (χ1n) is 4.98. The van der Waals surface area contributed by atoms with Gasteiger partial charge in [0, 0.05) is 18.9 Å². The molecule has 0 radical (unpaired) electrons. The highest BCUT2D eigenvalue weighted by molar-refractivity contribution is 7.13. The lowest BCUT2D eigenvalue weighted by Gasteiger charge is -2.04. The number of imidazole rings is 1. The maximum absolute atomic E-state index is 4.41. The van der Waals surface area contributed by atoms with Crippen molar-refractivity contribution in [1.29, 1.82) is 0 Å². The molecule has 0 spiro atoms. The van der Waals surface area contributed by atoms with Crippen LogP contribution in [0.3, 0.4) is 0 Å². The minimum Gasteiger partial charge on any atom is -0.330 e. The maximum Gasteiger partial charge on any atom is 0.149 e. The molecule has 1 aliphatic rings. The third kappa shape index (κ3) is 1.48. The predicted molar refractivity (Wildman–Crippen MR) is 58.3 cm³/mol. The predicted octanol–water partition coefficient (Wildman–Crippen LogP) is 3.02. The van der Waals surface area contributed by atoms with E-state index in [1.54, 1.807) is 11.3 Å². The summed E-state index contributed by atoms with van der Waals surface area (Å²) < 4.78 is 2.28. The van der Waals surface area contributed by atoms with Gasteiger partial charge >= 0.3 is 0 Å². The van der Waals surface area contributed by atoms with Crippen molar-refractivity contribution < 1.29 is 0 Å². The average molecular weight is 204 g/mol. The summed E-state index contributed by atoms with van der Waals surface area (Å²) in [6, 6.07) is 4.21. The molecule has 0 aliphatic heterocycles. The molecule has 0 atom stereocenters. The fourth-order valence-corrected chi connectivity index (χ4v) is 2.40. The SMILES string of the molecule is c1csc(-c2nccn2CC2CC2)c1. The molecule has 0 saturated heterocycles. The van der Waals surface area contributed by atoms with Crippen LogP contribution in [0, 0.1) is 5.92 Å². The van der Waals surface area contributed by atoms with Crippen molar-refractivity contribution >= 4 is 11.3 Å². The highest BCUT2D eigenvalue weighted by Gasteiger charge is 2.22. The molecule has 2 aromatic heterocycles. The van der Waals surface area contributed by atoms with Gasteiger partial charge < -0.3 is 4.57 Å². The third-order valence-corrected chi connectivity index (χ3v) is 3.47. The van der Waals surface area contributed by atoms with Gasteiger partial charge in [-0.3, -0.25) is 0 Å². The summed E-state index contributed by atoms with van der Waals surface area (Å²) in [5, 5.41) is 2.10. The zero-order valence-electron chi connectivity index (χ0n) is 7.89. The van der Waals surface area contributed by atoms with E-state index in [1.807, 2.05) is 6.20 Å². The molecular formula is C11H12N2S. The van der Waals surface area contributed by atoms with E-state index in [0.717, 1.165) is 18.3 Å². The van der Waals surface area contributed by atoms with Gasteiger partial charge in [0.1, 0.15) is 5.82 Å². The van der Waals surface area contributed by atoms with Crippen LogP contribution in [-0.4, -0.2) is 9.55 Å². The molecule has 0 aromatic carbocycles. The molecule has 1 fully saturated rings. The second-order valence-corrected chi connectivity index (χ2v) is 4.77. The summed E-state index contributed by atoms with van der Waals surface area (Å²) in [5.41, 5.74) is 0. The quantitative estimate of drug-likeness (QED) is 0.751. The summed E-state index contributed by atoms with van der Waals surface area (Å²) in [6.07, 6.45) is 6.77. The molecule has 1 saturated carbocycles. The van der Waals surface area contributed by atoms with Gasteiger partial charge in [-0.1, -0.05) is 6.07 Å². The standard InChI is InChI=1S/C11H12N2S/c1-2-10(14-7-1)11-12-5-6-13(11)8-9-3-4-9/h1-2,5-7,9H,3-4,8H2. The summed E-state index contributed by atoms with van der Waals surface area (Å²) in [6.45, 7) is 1.15. The van der Waals surface area contributed by atoms with Gasteiger partial charge in [-0.05, 0) is 30.2 Å². The molecule has 72 valence electrons. The molecule has 2 heterocycles. The smallest absolute Gasteiger partial charge is 0.149 e. The van der Waals surface area contributed by atoms with Gasteiger partial charge in [0.2, 0.25) is 0 Å². The van der Waals surface area contributed by atoms with E-state index in [9.17, 15) is 0 Å². The van der Waals surface area contributed by atoms with Crippen LogP contribution in [0.1, 0.15) is 12.8 Å². The molecule has 0 unspecified atom stereocenters. The number of thiophene rings is 1. The van der Waals surface area contributed by atoms with E-state index in [4.69, 9.17) is 0 Å². The largest absolute Gasteiger partial charge is 0.330 e. The highest BCUT2D eigenvalue weighted by atomic mass is 32.1. The first kappa shape index (κ1) is 8.24. The van der Waals surface area contributed by atoms with E-state index in [0.29, 0.717) is 0 Å². The van der Waals surface area contributed by atoms with Crippen LogP contribution >= 0.6 is 11.3 Å². The Kier molecular flexibility index (Phi) is 1.91. The molecule has 2 aromatic rings. The van der Waals surface area contributed by atoms with Gasteiger partial charge in [-0.25, -0.2) is 4.98 Å². The normalized spacial score (nSPS) is 16.0. The second kappa shape index (κ2) is 3.24. The lowest BCUT2D eigenvalue weighted by molar-refractivity contribution is 0.633. The Morgan fingerprint density at radius 3 is 3.14 bits per heavy atom. The number of nitrogens with zero attached hydrogens (tertiary/aromatic N) is 2. The molecule has 1 aliphatic carbocycles. The highest BCUT2D eigenvalue weighted by Crippen LogP contribution is 2.32. The van der Waals surface area contributed by atoms with Crippen LogP contribution in [0.5, 0.6) is 0 Å². The Morgan fingerprint density at radius 1 is 1.50 bits per heavy atom. The molecular weight excluding hydrogens is 192 g/mol. The fourth-order valence-electron chi connectivity index (χ4n) is 1.67. The maximum atomic E-state index is 4.41. The van der Waals surface area contributed by atoms with Crippen LogP contribution in [0.15, 0.2) is 29.9 Å². The van der Waals surface area contributed by atoms with Crippen LogP contribution in [-0.2, 0) is 6.54 Å². The van der Waals surface area contributed by atoms with Crippen LogP contribution in [0.4, 0.5) is 0 Å². The lowest BCUT2D eigenvalue weighted by atomic mass is 10.4. The average Bonchev–Trinajstić information content (AvgIpc) is 2.68. The topological polar surface area (TPSA) is 17.8 Å². The van der Waals surface area contributed by atoms with Crippen molar-refractivity contribution in [2.75, 3.05) is 0 Å². The number of rotatable bonds is 3. The van der Waals surface area contributed by atoms with E-state index in [2.05, 4.69) is 33.3 Å². The second-order valence-electron chi connectivity index (χ2n) is 3.82. The molecule has 0 amide bonds. The lowest BCUT2D eigenvalue weighted by Crippen LogP contribution is -1.99. The molecule has 3 heteroatoms. The van der Waals surface area contributed by atoms with Crippen molar-refractivity contribution in [2.45, 2.75) is 19.4 Å². The van der Waals surface area contributed by atoms with Crippen molar-refractivity contribution in [3.05, 3.63) is 29.9 Å². The molecule has 0 N–H and O–H groups in total. The van der Waals surface area contributed by atoms with Gasteiger partial charge in [0.05, 0.1) is 4.88 Å². The fraction of sp³-hybridized carbons (Fsp3) is 0.364. The Bertz CT molecular complexity index is 412. The van der Waals surface area contributed by atoms with Gasteiger partial charge in [-0.2, -0.15) is 0 Å². The number of hydrogen-bond donors (Lipinski definition) is 0. The van der Waals surface area contributed by atoms with Crippen LogP contribution < -0.4 is 0 Å². The van der Waals surface area contributed by atoms with Crippen molar-refractivity contribution in [3.8, 4) is 10.7 Å². The first-order chi connectivity index (χ1) is 6.93. The van der Waals surface area contributed by atoms with Gasteiger partial charge in [-0.15, -0.1) is 11.3 Å². The van der Waals surface area contributed by atoms with Crippen LogP contribution in [0.25, 0.3) is 10.7 Å². The van der Waals surface area contributed by atoms with E-state index in [-0.39, 0.29) is 0 Å². The first-order valence-corrected chi connectivity index (χ1v) is 5.86. The van der Waals surface area contributed by atoms with E-state index < -0.39 is 0 Å². The minimum absolute atomic E-state index is 0.905. The van der Waals surface area contributed by atoms with Crippen molar-refractivity contribution in [1.82, 2.24) is 9.55 Å². The van der Waals surface area contributed by atoms with Gasteiger partial charge in [0.15, 0.2) is 0 Å². The molecule has 2 nitrogen and oxygen atoms in total. The summed E-state index contributed by atoms with van der Waals surface area (Å²) in [5.74, 6) is 2.04. The zero-order valence-corrected chi connectivity index (χ0v) is 8.70.